The standard InChI is InChI=1S/C21H23FN6O/c1-26(2)21-23-12-16(15-7-4-5-8-17(15)22)19(25-21)18-9-6-10-28(18)20(29)14-11-24-27(3)13-14/h4-5,7-8,11-13,18H,6,9-10H2,1-3H3/t18-/m1/s1. The third-order valence-electron chi connectivity index (χ3n) is 5.15. The Balaban J connectivity index is 1.80. The first-order chi connectivity index (χ1) is 14.0. The van der Waals surface area contributed by atoms with Crippen LogP contribution in [0.15, 0.2) is 42.9 Å². The van der Waals surface area contributed by atoms with Crippen LogP contribution in [0.2, 0.25) is 0 Å². The van der Waals surface area contributed by atoms with E-state index in [1.807, 2.05) is 19.0 Å². The van der Waals surface area contributed by atoms with Crippen molar-refractivity contribution in [2.45, 2.75) is 18.9 Å². The van der Waals surface area contributed by atoms with E-state index < -0.39 is 0 Å². The third kappa shape index (κ3) is 3.57. The normalized spacial score (nSPS) is 16.3. The molecule has 3 heterocycles. The molecule has 2 aromatic heterocycles. The number of hydrogen-bond acceptors (Lipinski definition) is 5. The number of likely N-dealkylation sites (tertiary alicyclic amines) is 1. The lowest BCUT2D eigenvalue weighted by Gasteiger charge is -2.26. The summed E-state index contributed by atoms with van der Waals surface area (Å²) in [5.74, 6) is 0.101. The van der Waals surface area contributed by atoms with E-state index in [-0.39, 0.29) is 17.8 Å². The maximum atomic E-state index is 14.6. The molecule has 150 valence electrons. The van der Waals surface area contributed by atoms with Crippen LogP contribution < -0.4 is 4.90 Å². The molecule has 0 radical (unpaired) electrons. The van der Waals surface area contributed by atoms with Crippen LogP contribution in [0.5, 0.6) is 0 Å². The van der Waals surface area contributed by atoms with Crippen molar-refractivity contribution < 1.29 is 9.18 Å². The Bertz CT molecular complexity index is 1050. The lowest BCUT2D eigenvalue weighted by molar-refractivity contribution is 0.0733. The molecule has 1 amide bonds. The first-order valence-electron chi connectivity index (χ1n) is 9.54. The Morgan fingerprint density at radius 1 is 1.21 bits per heavy atom. The molecule has 3 aromatic rings. The molecule has 0 bridgehead atoms. The molecule has 0 aliphatic carbocycles. The molecule has 0 saturated carbocycles. The number of rotatable bonds is 4. The van der Waals surface area contributed by atoms with Crippen LogP contribution in [0.4, 0.5) is 10.3 Å². The smallest absolute Gasteiger partial charge is 0.257 e. The monoisotopic (exact) mass is 394 g/mol. The van der Waals surface area contributed by atoms with Crippen molar-refractivity contribution in [1.29, 1.82) is 0 Å². The van der Waals surface area contributed by atoms with Gasteiger partial charge >= 0.3 is 0 Å². The van der Waals surface area contributed by atoms with Crippen molar-refractivity contribution in [2.24, 2.45) is 7.05 Å². The second-order valence-corrected chi connectivity index (χ2v) is 7.40. The number of carbonyl (C=O) groups excluding carboxylic acids is 1. The Kier molecular flexibility index (Phi) is 5.00. The van der Waals surface area contributed by atoms with Gasteiger partial charge in [0.15, 0.2) is 0 Å². The Labute approximate surface area is 168 Å². The maximum absolute atomic E-state index is 14.6. The van der Waals surface area contributed by atoms with Crippen molar-refractivity contribution in [3.05, 3.63) is 59.9 Å². The summed E-state index contributed by atoms with van der Waals surface area (Å²) in [4.78, 5) is 25.9. The quantitative estimate of drug-likeness (QED) is 0.680. The minimum Gasteiger partial charge on any atom is -0.347 e. The molecule has 1 aliphatic rings. The molecule has 0 N–H and O–H groups in total. The number of anilines is 1. The largest absolute Gasteiger partial charge is 0.347 e. The van der Waals surface area contributed by atoms with Crippen molar-refractivity contribution >= 4 is 11.9 Å². The van der Waals surface area contributed by atoms with Crippen LogP contribution in [0.25, 0.3) is 11.1 Å². The molecule has 0 unspecified atom stereocenters. The Hall–Kier alpha value is -3.29. The van der Waals surface area contributed by atoms with Crippen LogP contribution in [0.3, 0.4) is 0 Å². The number of aromatic nitrogens is 4. The zero-order chi connectivity index (χ0) is 20.5. The van der Waals surface area contributed by atoms with Crippen LogP contribution in [0.1, 0.15) is 34.9 Å². The van der Waals surface area contributed by atoms with Gasteiger partial charge in [-0.05, 0) is 18.9 Å². The fourth-order valence-electron chi connectivity index (χ4n) is 3.73. The minimum atomic E-state index is -0.335. The van der Waals surface area contributed by atoms with Gasteiger partial charge in [0.1, 0.15) is 5.82 Å². The second-order valence-electron chi connectivity index (χ2n) is 7.40. The highest BCUT2D eigenvalue weighted by Gasteiger charge is 2.34. The molecule has 1 fully saturated rings. The molecule has 0 spiro atoms. The lowest BCUT2D eigenvalue weighted by Crippen LogP contribution is -2.31. The summed E-state index contributed by atoms with van der Waals surface area (Å²) in [7, 11) is 5.49. The Morgan fingerprint density at radius 2 is 2.00 bits per heavy atom. The number of hydrogen-bond donors (Lipinski definition) is 0. The summed E-state index contributed by atoms with van der Waals surface area (Å²) in [5, 5.41) is 4.11. The van der Waals surface area contributed by atoms with Gasteiger partial charge in [0, 0.05) is 51.2 Å². The first-order valence-corrected chi connectivity index (χ1v) is 9.54. The van der Waals surface area contributed by atoms with E-state index in [1.165, 1.54) is 6.07 Å². The van der Waals surface area contributed by atoms with Crippen molar-refractivity contribution in [2.75, 3.05) is 25.5 Å². The van der Waals surface area contributed by atoms with Gasteiger partial charge < -0.3 is 9.80 Å². The number of aryl methyl sites for hydroxylation is 1. The van der Waals surface area contributed by atoms with E-state index >= 15 is 0 Å². The van der Waals surface area contributed by atoms with Crippen LogP contribution >= 0.6 is 0 Å². The molecular formula is C21H23FN6O. The third-order valence-corrected chi connectivity index (χ3v) is 5.15. The second kappa shape index (κ2) is 7.62. The SMILES string of the molecule is CN(C)c1ncc(-c2ccccc2F)c([C@H]2CCCN2C(=O)c2cnn(C)c2)n1. The van der Waals surface area contributed by atoms with Gasteiger partial charge in [-0.3, -0.25) is 9.48 Å². The number of benzene rings is 1. The topological polar surface area (TPSA) is 67.2 Å². The van der Waals surface area contributed by atoms with Crippen LogP contribution in [-0.4, -0.2) is 51.2 Å². The van der Waals surface area contributed by atoms with E-state index in [4.69, 9.17) is 4.98 Å². The number of nitrogens with zero attached hydrogens (tertiary/aromatic N) is 6. The average molecular weight is 394 g/mol. The average Bonchev–Trinajstić information content (AvgIpc) is 3.36. The zero-order valence-corrected chi connectivity index (χ0v) is 16.7. The Morgan fingerprint density at radius 3 is 2.69 bits per heavy atom. The number of carbonyl (C=O) groups is 1. The predicted molar refractivity (Wildman–Crippen MR) is 108 cm³/mol. The van der Waals surface area contributed by atoms with Gasteiger partial charge in [-0.2, -0.15) is 5.10 Å². The van der Waals surface area contributed by atoms with Crippen molar-refractivity contribution in [3.8, 4) is 11.1 Å². The molecule has 1 aromatic carbocycles. The van der Waals surface area contributed by atoms with E-state index in [9.17, 15) is 9.18 Å². The van der Waals surface area contributed by atoms with E-state index in [1.54, 1.807) is 53.4 Å². The van der Waals surface area contributed by atoms with Gasteiger partial charge in [-0.15, -0.1) is 0 Å². The summed E-state index contributed by atoms with van der Waals surface area (Å²) < 4.78 is 16.2. The molecule has 1 atom stereocenters. The van der Waals surface area contributed by atoms with E-state index in [2.05, 4.69) is 10.1 Å². The highest BCUT2D eigenvalue weighted by molar-refractivity contribution is 5.94. The summed E-state index contributed by atoms with van der Waals surface area (Å²) >= 11 is 0. The lowest BCUT2D eigenvalue weighted by atomic mass is 9.99. The molecule has 8 heteroatoms. The molecule has 1 aliphatic heterocycles. The summed E-state index contributed by atoms with van der Waals surface area (Å²) in [5.41, 5.74) is 2.26. The first kappa shape index (κ1) is 19.0. The summed E-state index contributed by atoms with van der Waals surface area (Å²) in [6, 6.07) is 6.33. The molecule has 7 nitrogen and oxygen atoms in total. The predicted octanol–water partition coefficient (Wildman–Crippen LogP) is 3.06. The summed E-state index contributed by atoms with van der Waals surface area (Å²) in [6.45, 7) is 0.621. The van der Waals surface area contributed by atoms with Gasteiger partial charge in [0.25, 0.3) is 5.91 Å². The van der Waals surface area contributed by atoms with Crippen molar-refractivity contribution in [3.63, 3.8) is 0 Å². The van der Waals surface area contributed by atoms with E-state index in [0.717, 1.165) is 12.8 Å². The number of halogens is 1. The fraction of sp³-hybridized carbons (Fsp3) is 0.333. The van der Waals surface area contributed by atoms with Gasteiger partial charge in [-0.25, -0.2) is 14.4 Å². The molecular weight excluding hydrogens is 371 g/mol. The van der Waals surface area contributed by atoms with Gasteiger partial charge in [0.05, 0.1) is 23.5 Å². The highest BCUT2D eigenvalue weighted by atomic mass is 19.1. The molecule has 1 saturated heterocycles. The maximum Gasteiger partial charge on any atom is 0.257 e. The van der Waals surface area contributed by atoms with Crippen LogP contribution in [-0.2, 0) is 7.05 Å². The van der Waals surface area contributed by atoms with Gasteiger partial charge in [-0.1, -0.05) is 18.2 Å². The minimum absolute atomic E-state index is 0.0925. The number of amides is 1. The van der Waals surface area contributed by atoms with E-state index in [0.29, 0.717) is 34.9 Å². The zero-order valence-electron chi connectivity index (χ0n) is 16.7. The summed E-state index contributed by atoms with van der Waals surface area (Å²) in [6.07, 6.45) is 6.55. The van der Waals surface area contributed by atoms with Gasteiger partial charge in [0.2, 0.25) is 5.95 Å². The van der Waals surface area contributed by atoms with Crippen LogP contribution in [0, 0.1) is 5.82 Å². The highest BCUT2D eigenvalue weighted by Crippen LogP contribution is 2.38. The molecule has 29 heavy (non-hydrogen) atoms. The van der Waals surface area contributed by atoms with Crippen molar-refractivity contribution in [1.82, 2.24) is 24.6 Å². The molecule has 4 rings (SSSR count). The fourth-order valence-corrected chi connectivity index (χ4v) is 3.73.